The van der Waals surface area contributed by atoms with Gasteiger partial charge in [-0.1, -0.05) is 19.3 Å². The third kappa shape index (κ3) is 4.84. The molecule has 1 aliphatic heterocycles. The van der Waals surface area contributed by atoms with E-state index >= 15 is 0 Å². The number of hydrogen-bond donors (Lipinski definition) is 1. The normalized spacial score (nSPS) is 18.6. The Morgan fingerprint density at radius 1 is 1.10 bits per heavy atom. The zero-order valence-electron chi connectivity index (χ0n) is 17.0. The van der Waals surface area contributed by atoms with Crippen LogP contribution in [0.1, 0.15) is 37.9 Å². The number of carbonyl (C=O) groups is 1. The fraction of sp³-hybridized carbons (Fsp3) is 0.600. The van der Waals surface area contributed by atoms with E-state index in [1.165, 1.54) is 19.3 Å². The van der Waals surface area contributed by atoms with Crippen molar-refractivity contribution in [1.82, 2.24) is 35.3 Å². The van der Waals surface area contributed by atoms with Crippen molar-refractivity contribution in [2.24, 2.45) is 0 Å². The van der Waals surface area contributed by atoms with Gasteiger partial charge in [-0.2, -0.15) is 4.68 Å². The van der Waals surface area contributed by atoms with E-state index in [0.29, 0.717) is 12.6 Å². The Morgan fingerprint density at radius 2 is 1.83 bits per heavy atom. The van der Waals surface area contributed by atoms with Crippen LogP contribution >= 0.6 is 0 Å². The van der Waals surface area contributed by atoms with Crippen molar-refractivity contribution in [3.05, 3.63) is 30.1 Å². The predicted octanol–water partition coefficient (Wildman–Crippen LogP) is 1.83. The number of piperazine rings is 1. The van der Waals surface area contributed by atoms with Gasteiger partial charge < -0.3 is 15.0 Å². The van der Waals surface area contributed by atoms with Gasteiger partial charge in [0, 0.05) is 32.2 Å². The molecule has 0 spiro atoms. The van der Waals surface area contributed by atoms with Crippen LogP contribution in [0.2, 0.25) is 0 Å². The zero-order chi connectivity index (χ0) is 20.1. The Bertz CT molecular complexity index is 793. The number of nitrogens with one attached hydrogen (secondary N) is 1. The molecular weight excluding hydrogens is 370 g/mol. The molecule has 2 fully saturated rings. The maximum absolute atomic E-state index is 12.5. The van der Waals surface area contributed by atoms with Gasteiger partial charge in [0.05, 0.1) is 19.3 Å². The van der Waals surface area contributed by atoms with Crippen LogP contribution in [0.3, 0.4) is 0 Å². The van der Waals surface area contributed by atoms with Gasteiger partial charge in [-0.15, -0.1) is 5.10 Å². The van der Waals surface area contributed by atoms with Gasteiger partial charge in [-0.25, -0.2) is 4.79 Å². The topological polar surface area (TPSA) is 88.4 Å². The van der Waals surface area contributed by atoms with Crippen molar-refractivity contribution in [2.45, 2.75) is 44.7 Å². The third-order valence-electron chi connectivity index (χ3n) is 5.81. The van der Waals surface area contributed by atoms with Crippen LogP contribution in [0.25, 0.3) is 5.69 Å². The van der Waals surface area contributed by atoms with Gasteiger partial charge in [0.25, 0.3) is 0 Å². The number of hydrogen-bond acceptors (Lipinski definition) is 6. The quantitative estimate of drug-likeness (QED) is 0.825. The van der Waals surface area contributed by atoms with E-state index in [-0.39, 0.29) is 6.03 Å². The van der Waals surface area contributed by atoms with Crippen molar-refractivity contribution in [3.8, 4) is 11.4 Å². The molecule has 9 heteroatoms. The van der Waals surface area contributed by atoms with E-state index in [1.54, 1.807) is 11.8 Å². The molecule has 9 nitrogen and oxygen atoms in total. The Morgan fingerprint density at radius 3 is 2.52 bits per heavy atom. The lowest BCUT2D eigenvalue weighted by Gasteiger charge is -2.35. The maximum atomic E-state index is 12.5. The molecule has 2 aliphatic rings. The summed E-state index contributed by atoms with van der Waals surface area (Å²) in [5.74, 6) is 1.58. The number of amides is 2. The van der Waals surface area contributed by atoms with Gasteiger partial charge in [0.15, 0.2) is 5.82 Å². The number of carbonyl (C=O) groups excluding carboxylic acids is 1. The summed E-state index contributed by atoms with van der Waals surface area (Å²) in [6.45, 7) is 3.73. The molecule has 1 aliphatic carbocycles. The van der Waals surface area contributed by atoms with Crippen LogP contribution < -0.4 is 10.1 Å². The summed E-state index contributed by atoms with van der Waals surface area (Å²) in [6, 6.07) is 8.09. The fourth-order valence-electron chi connectivity index (χ4n) is 4.05. The van der Waals surface area contributed by atoms with E-state index in [4.69, 9.17) is 4.74 Å². The van der Waals surface area contributed by atoms with Gasteiger partial charge >= 0.3 is 6.03 Å². The molecule has 0 bridgehead atoms. The first-order chi connectivity index (χ1) is 14.2. The van der Waals surface area contributed by atoms with E-state index in [0.717, 1.165) is 56.3 Å². The molecule has 1 saturated carbocycles. The smallest absolute Gasteiger partial charge is 0.317 e. The SMILES string of the molecule is COc1ccc(-n2nnnc2CN2CCN(C(=O)NC3CCCCC3)CC2)cc1. The lowest BCUT2D eigenvalue weighted by atomic mass is 9.96. The number of benzene rings is 1. The summed E-state index contributed by atoms with van der Waals surface area (Å²) in [6.07, 6.45) is 5.96. The minimum atomic E-state index is 0.0830. The minimum Gasteiger partial charge on any atom is -0.497 e. The van der Waals surface area contributed by atoms with Crippen molar-refractivity contribution >= 4 is 6.03 Å². The van der Waals surface area contributed by atoms with Crippen molar-refractivity contribution in [2.75, 3.05) is 33.3 Å². The van der Waals surface area contributed by atoms with Crippen LogP contribution in [-0.4, -0.2) is 75.4 Å². The number of methoxy groups -OCH3 is 1. The van der Waals surface area contributed by atoms with E-state index in [2.05, 4.69) is 25.7 Å². The summed E-state index contributed by atoms with van der Waals surface area (Å²) in [4.78, 5) is 16.7. The lowest BCUT2D eigenvalue weighted by Crippen LogP contribution is -2.53. The molecule has 0 unspecified atom stereocenters. The summed E-state index contributed by atoms with van der Waals surface area (Å²) in [7, 11) is 1.65. The lowest BCUT2D eigenvalue weighted by molar-refractivity contribution is 0.129. The number of aromatic nitrogens is 4. The van der Waals surface area contributed by atoms with Crippen molar-refractivity contribution in [3.63, 3.8) is 0 Å². The number of ether oxygens (including phenoxy) is 1. The summed E-state index contributed by atoms with van der Waals surface area (Å²) >= 11 is 0. The number of urea groups is 1. The highest BCUT2D eigenvalue weighted by atomic mass is 16.5. The molecule has 1 aromatic heterocycles. The summed E-state index contributed by atoms with van der Waals surface area (Å²) in [5, 5.41) is 15.4. The van der Waals surface area contributed by atoms with Gasteiger partial charge in [0.1, 0.15) is 5.75 Å². The zero-order valence-corrected chi connectivity index (χ0v) is 17.0. The third-order valence-corrected chi connectivity index (χ3v) is 5.81. The summed E-state index contributed by atoms with van der Waals surface area (Å²) < 4.78 is 6.96. The number of rotatable bonds is 5. The molecule has 2 heterocycles. The second-order valence-corrected chi connectivity index (χ2v) is 7.75. The molecule has 1 saturated heterocycles. The second kappa shape index (κ2) is 9.21. The van der Waals surface area contributed by atoms with Crippen LogP contribution in [0.5, 0.6) is 5.75 Å². The molecule has 2 aromatic rings. The molecule has 2 amide bonds. The average molecular weight is 399 g/mol. The Labute approximate surface area is 171 Å². The number of tetrazole rings is 1. The van der Waals surface area contributed by atoms with E-state index in [9.17, 15) is 4.79 Å². The van der Waals surface area contributed by atoms with Crippen molar-refractivity contribution < 1.29 is 9.53 Å². The molecule has 0 radical (unpaired) electrons. The first-order valence-corrected chi connectivity index (χ1v) is 10.4. The monoisotopic (exact) mass is 399 g/mol. The maximum Gasteiger partial charge on any atom is 0.317 e. The first kappa shape index (κ1) is 19.6. The highest BCUT2D eigenvalue weighted by Gasteiger charge is 2.25. The van der Waals surface area contributed by atoms with Gasteiger partial charge in [0.2, 0.25) is 0 Å². The first-order valence-electron chi connectivity index (χ1n) is 10.4. The van der Waals surface area contributed by atoms with Crippen LogP contribution in [-0.2, 0) is 6.54 Å². The van der Waals surface area contributed by atoms with Gasteiger partial charge in [-0.05, 0) is 47.5 Å². The molecule has 4 rings (SSSR count). The second-order valence-electron chi connectivity index (χ2n) is 7.75. The van der Waals surface area contributed by atoms with E-state index < -0.39 is 0 Å². The Hall–Kier alpha value is -2.68. The molecule has 29 heavy (non-hydrogen) atoms. The largest absolute Gasteiger partial charge is 0.497 e. The highest BCUT2D eigenvalue weighted by Crippen LogP contribution is 2.18. The van der Waals surface area contributed by atoms with Crippen LogP contribution in [0, 0.1) is 0 Å². The standard InChI is InChI=1S/C20H29N7O2/c1-29-18-9-7-17(8-10-18)27-19(22-23-24-27)15-25-11-13-26(14-12-25)20(28)21-16-5-3-2-4-6-16/h7-10,16H,2-6,11-15H2,1H3,(H,21,28). The summed E-state index contributed by atoms with van der Waals surface area (Å²) in [5.41, 5.74) is 0.899. The van der Waals surface area contributed by atoms with Crippen LogP contribution in [0.4, 0.5) is 4.79 Å². The Balaban J connectivity index is 1.30. The van der Waals surface area contributed by atoms with Gasteiger partial charge in [-0.3, -0.25) is 4.90 Å². The van der Waals surface area contributed by atoms with Crippen LogP contribution in [0.15, 0.2) is 24.3 Å². The molecule has 1 aromatic carbocycles. The minimum absolute atomic E-state index is 0.0830. The molecular formula is C20H29N7O2. The fourth-order valence-corrected chi connectivity index (χ4v) is 4.05. The molecule has 156 valence electrons. The predicted molar refractivity (Wildman–Crippen MR) is 108 cm³/mol. The molecule has 1 N–H and O–H groups in total. The highest BCUT2D eigenvalue weighted by molar-refractivity contribution is 5.74. The van der Waals surface area contributed by atoms with E-state index in [1.807, 2.05) is 29.2 Å². The number of nitrogens with zero attached hydrogens (tertiary/aromatic N) is 6. The molecule has 0 atom stereocenters. The van der Waals surface area contributed by atoms with Crippen molar-refractivity contribution in [1.29, 1.82) is 0 Å². The average Bonchev–Trinajstić information content (AvgIpc) is 3.23. The Kier molecular flexibility index (Phi) is 6.24.